The van der Waals surface area contributed by atoms with Crippen LogP contribution in [-0.2, 0) is 11.3 Å². The van der Waals surface area contributed by atoms with E-state index in [1.807, 2.05) is 24.3 Å². The molecule has 104 valence electrons. The van der Waals surface area contributed by atoms with Crippen LogP contribution in [0.2, 0.25) is 5.02 Å². The average molecular weight is 291 g/mol. The Labute approximate surface area is 122 Å². The van der Waals surface area contributed by atoms with E-state index >= 15 is 0 Å². The molecule has 0 aliphatic carbocycles. The number of carbonyl (C=O) groups is 1. The third kappa shape index (κ3) is 2.62. The van der Waals surface area contributed by atoms with Gasteiger partial charge in [0.25, 0.3) is 0 Å². The molecule has 2 heterocycles. The summed E-state index contributed by atoms with van der Waals surface area (Å²) < 4.78 is 7.36. The van der Waals surface area contributed by atoms with Crippen LogP contribution in [0.3, 0.4) is 0 Å². The topological polar surface area (TPSA) is 44.1 Å². The zero-order valence-electron chi connectivity index (χ0n) is 11.0. The summed E-state index contributed by atoms with van der Waals surface area (Å²) in [7, 11) is 0. The molecule has 0 amide bonds. The molecule has 1 unspecified atom stereocenters. The molecule has 20 heavy (non-hydrogen) atoms. The van der Waals surface area contributed by atoms with Crippen LogP contribution in [0.1, 0.15) is 40.6 Å². The molecule has 0 radical (unpaired) electrons. The van der Waals surface area contributed by atoms with E-state index in [2.05, 4.69) is 5.10 Å². The van der Waals surface area contributed by atoms with Crippen LogP contribution in [-0.4, -0.2) is 22.7 Å². The van der Waals surface area contributed by atoms with Gasteiger partial charge in [0.1, 0.15) is 11.8 Å². The number of carbonyl (C=O) groups excluding carboxylic acids is 1. The van der Waals surface area contributed by atoms with Crippen LogP contribution in [0.4, 0.5) is 0 Å². The van der Waals surface area contributed by atoms with Crippen molar-refractivity contribution in [3.8, 4) is 0 Å². The molecule has 4 nitrogen and oxygen atoms in total. The van der Waals surface area contributed by atoms with Crippen molar-refractivity contribution in [2.24, 2.45) is 0 Å². The lowest BCUT2D eigenvalue weighted by Gasteiger charge is -2.07. The zero-order valence-corrected chi connectivity index (χ0v) is 11.7. The first-order valence-corrected chi connectivity index (χ1v) is 7.03. The molecule has 1 aliphatic heterocycles. The zero-order chi connectivity index (χ0) is 13.9. The van der Waals surface area contributed by atoms with Gasteiger partial charge in [-0.3, -0.25) is 9.48 Å². The van der Waals surface area contributed by atoms with Crippen molar-refractivity contribution < 1.29 is 9.53 Å². The largest absolute Gasteiger partial charge is 0.372 e. The van der Waals surface area contributed by atoms with Crippen molar-refractivity contribution >= 4 is 17.9 Å². The van der Waals surface area contributed by atoms with Gasteiger partial charge in [-0.2, -0.15) is 5.10 Å². The van der Waals surface area contributed by atoms with Crippen LogP contribution >= 0.6 is 11.6 Å². The first kappa shape index (κ1) is 13.3. The Kier molecular flexibility index (Phi) is 3.85. The molecular weight excluding hydrogens is 276 g/mol. The molecule has 3 rings (SSSR count). The number of aldehydes is 1. The van der Waals surface area contributed by atoms with E-state index in [0.29, 0.717) is 17.1 Å². The minimum atomic E-state index is -0.0531. The van der Waals surface area contributed by atoms with Gasteiger partial charge in [-0.1, -0.05) is 29.8 Å². The summed E-state index contributed by atoms with van der Waals surface area (Å²) in [6.07, 6.45) is 4.48. The lowest BCUT2D eigenvalue weighted by atomic mass is 10.1. The van der Waals surface area contributed by atoms with E-state index in [1.165, 1.54) is 0 Å². The second-order valence-electron chi connectivity index (χ2n) is 4.88. The molecule has 1 aromatic heterocycles. The van der Waals surface area contributed by atoms with Gasteiger partial charge in [0.05, 0.1) is 12.1 Å². The second kappa shape index (κ2) is 5.77. The fourth-order valence-electron chi connectivity index (χ4n) is 2.47. The molecule has 0 bridgehead atoms. The van der Waals surface area contributed by atoms with Crippen LogP contribution in [0, 0.1) is 0 Å². The quantitative estimate of drug-likeness (QED) is 0.812. The summed E-state index contributed by atoms with van der Waals surface area (Å²) in [5, 5.41) is 5.20. The van der Waals surface area contributed by atoms with E-state index in [1.54, 1.807) is 10.9 Å². The van der Waals surface area contributed by atoms with Crippen LogP contribution in [0.15, 0.2) is 30.5 Å². The highest BCUT2D eigenvalue weighted by Gasteiger charge is 2.24. The number of hydrogen-bond acceptors (Lipinski definition) is 3. The lowest BCUT2D eigenvalue weighted by molar-refractivity contribution is 0.103. The average Bonchev–Trinajstić information content (AvgIpc) is 3.09. The molecule has 1 saturated heterocycles. The Morgan fingerprint density at radius 2 is 2.30 bits per heavy atom. The molecular formula is C15H15ClN2O2. The lowest BCUT2D eigenvalue weighted by Crippen LogP contribution is -2.04. The molecule has 1 atom stereocenters. The normalized spacial score (nSPS) is 18.4. The minimum Gasteiger partial charge on any atom is -0.372 e. The van der Waals surface area contributed by atoms with Crippen molar-refractivity contribution in [3.05, 3.63) is 52.3 Å². The third-order valence-corrected chi connectivity index (χ3v) is 3.84. The summed E-state index contributed by atoms with van der Waals surface area (Å²) in [5.41, 5.74) is 2.32. The summed E-state index contributed by atoms with van der Waals surface area (Å²) in [4.78, 5) is 11.2. The molecule has 0 spiro atoms. The highest BCUT2D eigenvalue weighted by molar-refractivity contribution is 6.31. The van der Waals surface area contributed by atoms with E-state index < -0.39 is 0 Å². The maximum Gasteiger partial charge on any atom is 0.153 e. The smallest absolute Gasteiger partial charge is 0.153 e. The molecule has 1 aliphatic rings. The monoisotopic (exact) mass is 290 g/mol. The van der Waals surface area contributed by atoms with Crippen molar-refractivity contribution in [1.82, 2.24) is 9.78 Å². The van der Waals surface area contributed by atoms with Gasteiger partial charge in [-0.15, -0.1) is 0 Å². The molecule has 0 saturated carbocycles. The highest BCUT2D eigenvalue weighted by atomic mass is 35.5. The predicted octanol–water partition coefficient (Wildman–Crippen LogP) is 3.25. The first-order valence-electron chi connectivity index (χ1n) is 6.65. The molecule has 0 N–H and O–H groups in total. The van der Waals surface area contributed by atoms with Crippen molar-refractivity contribution in [2.45, 2.75) is 25.5 Å². The van der Waals surface area contributed by atoms with Gasteiger partial charge < -0.3 is 4.74 Å². The van der Waals surface area contributed by atoms with Gasteiger partial charge in [0.2, 0.25) is 0 Å². The SMILES string of the molecule is O=Cc1cn(Cc2ccccc2Cl)nc1C1CCCO1. The number of nitrogens with zero attached hydrogens (tertiary/aromatic N) is 2. The maximum atomic E-state index is 11.2. The van der Waals surface area contributed by atoms with Gasteiger partial charge in [-0.25, -0.2) is 0 Å². The summed E-state index contributed by atoms with van der Waals surface area (Å²) in [6, 6.07) is 7.63. The Bertz CT molecular complexity index is 618. The first-order chi connectivity index (χ1) is 9.78. The van der Waals surface area contributed by atoms with Crippen molar-refractivity contribution in [1.29, 1.82) is 0 Å². The number of aromatic nitrogens is 2. The fourth-order valence-corrected chi connectivity index (χ4v) is 2.66. The third-order valence-electron chi connectivity index (χ3n) is 3.47. The van der Waals surface area contributed by atoms with Crippen LogP contribution < -0.4 is 0 Å². The summed E-state index contributed by atoms with van der Waals surface area (Å²) >= 11 is 6.15. The number of benzene rings is 1. The van der Waals surface area contributed by atoms with Gasteiger partial charge in [0.15, 0.2) is 6.29 Å². The van der Waals surface area contributed by atoms with E-state index in [-0.39, 0.29) is 6.10 Å². The highest BCUT2D eigenvalue weighted by Crippen LogP contribution is 2.29. The fraction of sp³-hybridized carbons (Fsp3) is 0.333. The molecule has 1 fully saturated rings. The maximum absolute atomic E-state index is 11.2. The predicted molar refractivity (Wildman–Crippen MR) is 76.1 cm³/mol. The standard InChI is InChI=1S/C15H15ClN2O2/c16-13-5-2-1-4-11(13)8-18-9-12(10-19)15(17-18)14-6-3-7-20-14/h1-2,4-5,9-10,14H,3,6-8H2. The van der Waals surface area contributed by atoms with Gasteiger partial charge in [-0.05, 0) is 24.5 Å². The number of ether oxygens (including phenoxy) is 1. The Balaban J connectivity index is 1.87. The van der Waals surface area contributed by atoms with Gasteiger partial charge >= 0.3 is 0 Å². The van der Waals surface area contributed by atoms with E-state index in [0.717, 1.165) is 37.0 Å². The van der Waals surface area contributed by atoms with E-state index in [4.69, 9.17) is 16.3 Å². The Morgan fingerprint density at radius 1 is 1.45 bits per heavy atom. The summed E-state index contributed by atoms with van der Waals surface area (Å²) in [6.45, 7) is 1.29. The number of rotatable bonds is 4. The Hall–Kier alpha value is -1.65. The van der Waals surface area contributed by atoms with Crippen molar-refractivity contribution in [3.63, 3.8) is 0 Å². The summed E-state index contributed by atoms with van der Waals surface area (Å²) in [5.74, 6) is 0. The molecule has 2 aromatic rings. The molecule has 5 heteroatoms. The molecule has 1 aromatic carbocycles. The van der Waals surface area contributed by atoms with Gasteiger partial charge in [0, 0.05) is 17.8 Å². The minimum absolute atomic E-state index is 0.0531. The number of halogens is 1. The number of hydrogen-bond donors (Lipinski definition) is 0. The Morgan fingerprint density at radius 3 is 3.00 bits per heavy atom. The van der Waals surface area contributed by atoms with E-state index in [9.17, 15) is 4.79 Å². The van der Waals surface area contributed by atoms with Crippen LogP contribution in [0.25, 0.3) is 0 Å². The second-order valence-corrected chi connectivity index (χ2v) is 5.29. The van der Waals surface area contributed by atoms with Crippen LogP contribution in [0.5, 0.6) is 0 Å². The van der Waals surface area contributed by atoms with Crippen molar-refractivity contribution in [2.75, 3.05) is 6.61 Å².